The van der Waals surface area contributed by atoms with Crippen LogP contribution in [0, 0.1) is 4.77 Å². The molecule has 4 rings (SSSR count). The summed E-state index contributed by atoms with van der Waals surface area (Å²) in [6.45, 7) is 7.24. The SMILES string of the molecule is C=CCn1c(=S)[nH]c2cc(C(=O)Nc3ccc(CC(=O)N4CCN(C)CC4)cc3)ccc2c1=O. The summed E-state index contributed by atoms with van der Waals surface area (Å²) in [4.78, 5) is 45.1. The normalized spacial score (nSPS) is 14.2. The first kappa shape index (κ1) is 23.6. The van der Waals surface area contributed by atoms with Crippen molar-refractivity contribution in [1.29, 1.82) is 0 Å². The summed E-state index contributed by atoms with van der Waals surface area (Å²) in [6.07, 6.45) is 1.94. The molecule has 2 heterocycles. The number of piperazine rings is 1. The summed E-state index contributed by atoms with van der Waals surface area (Å²) in [5.74, 6) is -0.191. The number of benzene rings is 2. The van der Waals surface area contributed by atoms with Crippen molar-refractivity contribution in [3.8, 4) is 0 Å². The number of nitrogens with zero attached hydrogens (tertiary/aromatic N) is 3. The highest BCUT2D eigenvalue weighted by Crippen LogP contribution is 2.16. The summed E-state index contributed by atoms with van der Waals surface area (Å²) in [5.41, 5.74) is 2.19. The van der Waals surface area contributed by atoms with E-state index in [2.05, 4.69) is 28.8 Å². The van der Waals surface area contributed by atoms with Crippen LogP contribution < -0.4 is 10.9 Å². The van der Waals surface area contributed by atoms with Gasteiger partial charge in [-0.15, -0.1) is 6.58 Å². The second-order valence-corrected chi connectivity index (χ2v) is 8.79. The van der Waals surface area contributed by atoms with E-state index >= 15 is 0 Å². The predicted octanol–water partition coefficient (Wildman–Crippen LogP) is 2.81. The van der Waals surface area contributed by atoms with Gasteiger partial charge in [-0.25, -0.2) is 0 Å². The molecule has 176 valence electrons. The van der Waals surface area contributed by atoms with E-state index in [1.54, 1.807) is 36.4 Å². The van der Waals surface area contributed by atoms with E-state index in [4.69, 9.17) is 12.2 Å². The number of aromatic nitrogens is 2. The van der Waals surface area contributed by atoms with Crippen molar-refractivity contribution < 1.29 is 9.59 Å². The molecule has 8 nitrogen and oxygen atoms in total. The maximum Gasteiger partial charge on any atom is 0.262 e. The van der Waals surface area contributed by atoms with E-state index in [1.807, 2.05) is 17.0 Å². The Morgan fingerprint density at radius 1 is 1.12 bits per heavy atom. The van der Waals surface area contributed by atoms with E-state index < -0.39 is 0 Å². The number of likely N-dealkylation sites (N-methyl/N-ethyl adjacent to an activating group) is 1. The third kappa shape index (κ3) is 5.16. The number of nitrogens with one attached hydrogen (secondary N) is 2. The lowest BCUT2D eigenvalue weighted by Crippen LogP contribution is -2.47. The number of carbonyl (C=O) groups is 2. The van der Waals surface area contributed by atoms with Crippen molar-refractivity contribution in [3.05, 3.63) is 81.4 Å². The van der Waals surface area contributed by atoms with Gasteiger partial charge in [-0.1, -0.05) is 18.2 Å². The van der Waals surface area contributed by atoms with Gasteiger partial charge in [0.25, 0.3) is 11.5 Å². The molecule has 34 heavy (non-hydrogen) atoms. The molecule has 3 aromatic rings. The number of hydrogen-bond acceptors (Lipinski definition) is 5. The maximum atomic E-state index is 12.8. The molecule has 0 radical (unpaired) electrons. The highest BCUT2D eigenvalue weighted by Gasteiger charge is 2.19. The van der Waals surface area contributed by atoms with Crippen LogP contribution in [0.4, 0.5) is 5.69 Å². The number of carbonyl (C=O) groups excluding carboxylic acids is 2. The Morgan fingerprint density at radius 2 is 1.82 bits per heavy atom. The fourth-order valence-corrected chi connectivity index (χ4v) is 4.21. The van der Waals surface area contributed by atoms with E-state index in [0.717, 1.165) is 31.7 Å². The van der Waals surface area contributed by atoms with Gasteiger partial charge >= 0.3 is 0 Å². The van der Waals surface area contributed by atoms with Crippen molar-refractivity contribution in [2.45, 2.75) is 13.0 Å². The fraction of sp³-hybridized carbons (Fsp3) is 0.280. The number of amides is 2. The number of hydrogen-bond donors (Lipinski definition) is 2. The van der Waals surface area contributed by atoms with Gasteiger partial charge in [-0.05, 0) is 55.2 Å². The monoisotopic (exact) mass is 477 g/mol. The van der Waals surface area contributed by atoms with Gasteiger partial charge < -0.3 is 20.1 Å². The molecule has 0 atom stereocenters. The topological polar surface area (TPSA) is 90.4 Å². The van der Waals surface area contributed by atoms with Crippen molar-refractivity contribution in [2.75, 3.05) is 38.5 Å². The van der Waals surface area contributed by atoms with Gasteiger partial charge in [0, 0.05) is 44.0 Å². The zero-order chi connectivity index (χ0) is 24.2. The molecule has 2 N–H and O–H groups in total. The third-order valence-electron chi connectivity index (χ3n) is 5.98. The van der Waals surface area contributed by atoms with Crippen LogP contribution in [-0.2, 0) is 17.8 Å². The first-order valence-electron chi connectivity index (χ1n) is 11.1. The molecule has 2 aromatic carbocycles. The zero-order valence-electron chi connectivity index (χ0n) is 19.0. The van der Waals surface area contributed by atoms with Crippen molar-refractivity contribution in [1.82, 2.24) is 19.4 Å². The summed E-state index contributed by atoms with van der Waals surface area (Å²) in [5, 5.41) is 3.30. The van der Waals surface area contributed by atoms with Crippen LogP contribution in [0.15, 0.2) is 59.9 Å². The van der Waals surface area contributed by atoms with Gasteiger partial charge in [-0.2, -0.15) is 0 Å². The number of aromatic amines is 1. The summed E-state index contributed by atoms with van der Waals surface area (Å²) < 4.78 is 1.69. The number of H-pyrrole nitrogens is 1. The molecule has 2 amide bonds. The standard InChI is InChI=1S/C25H27N5O3S/c1-3-10-30-24(33)20-9-6-18(16-21(20)27-25(30)34)23(32)26-19-7-4-17(5-8-19)15-22(31)29-13-11-28(2)12-14-29/h3-9,16H,1,10-15H2,2H3,(H,26,32)(H,27,34). The molecule has 1 aliphatic rings. The van der Waals surface area contributed by atoms with E-state index in [-0.39, 0.29) is 22.1 Å². The summed E-state index contributed by atoms with van der Waals surface area (Å²) in [6, 6.07) is 12.1. The zero-order valence-corrected chi connectivity index (χ0v) is 19.9. The number of allylic oxidation sites excluding steroid dienone is 1. The molecular weight excluding hydrogens is 450 g/mol. The Morgan fingerprint density at radius 3 is 2.50 bits per heavy atom. The molecule has 0 aliphatic carbocycles. The highest BCUT2D eigenvalue weighted by molar-refractivity contribution is 7.71. The molecular formula is C25H27N5O3S. The average Bonchev–Trinajstić information content (AvgIpc) is 2.83. The lowest BCUT2D eigenvalue weighted by molar-refractivity contribution is -0.132. The van der Waals surface area contributed by atoms with E-state index in [9.17, 15) is 14.4 Å². The lowest BCUT2D eigenvalue weighted by Gasteiger charge is -2.32. The van der Waals surface area contributed by atoms with Gasteiger partial charge in [0.05, 0.1) is 17.3 Å². The predicted molar refractivity (Wildman–Crippen MR) is 136 cm³/mol. The molecule has 1 fully saturated rings. The Bertz CT molecular complexity index is 1350. The van der Waals surface area contributed by atoms with Gasteiger partial charge in [0.2, 0.25) is 5.91 Å². The molecule has 0 saturated carbocycles. The number of rotatable bonds is 6. The third-order valence-corrected chi connectivity index (χ3v) is 6.30. The van der Waals surface area contributed by atoms with Crippen LogP contribution in [-0.4, -0.2) is 64.4 Å². The molecule has 9 heteroatoms. The number of fused-ring (bicyclic) bond motifs is 1. The molecule has 0 spiro atoms. The average molecular weight is 478 g/mol. The quantitative estimate of drug-likeness (QED) is 0.421. The lowest BCUT2D eigenvalue weighted by atomic mass is 10.1. The van der Waals surface area contributed by atoms with Crippen LogP contribution in [0.5, 0.6) is 0 Å². The minimum absolute atomic E-state index is 0.116. The van der Waals surface area contributed by atoms with Crippen molar-refractivity contribution >= 4 is 40.6 Å². The summed E-state index contributed by atoms with van der Waals surface area (Å²) in [7, 11) is 2.06. The molecule has 0 bridgehead atoms. The minimum Gasteiger partial charge on any atom is -0.340 e. The highest BCUT2D eigenvalue weighted by atomic mass is 32.1. The Labute approximate surface area is 202 Å². The van der Waals surface area contributed by atoms with Gasteiger partial charge in [-0.3, -0.25) is 19.0 Å². The maximum absolute atomic E-state index is 12.8. The largest absolute Gasteiger partial charge is 0.340 e. The second kappa shape index (κ2) is 10.1. The molecule has 1 saturated heterocycles. The van der Waals surface area contributed by atoms with Crippen LogP contribution in [0.3, 0.4) is 0 Å². The van der Waals surface area contributed by atoms with Crippen LogP contribution in [0.1, 0.15) is 15.9 Å². The Kier molecular flexibility index (Phi) is 7.04. The second-order valence-electron chi connectivity index (χ2n) is 8.41. The van der Waals surface area contributed by atoms with Crippen LogP contribution in [0.25, 0.3) is 10.9 Å². The first-order chi connectivity index (χ1) is 16.4. The smallest absolute Gasteiger partial charge is 0.262 e. The first-order valence-corrected chi connectivity index (χ1v) is 11.5. The summed E-state index contributed by atoms with van der Waals surface area (Å²) >= 11 is 5.27. The minimum atomic E-state index is -0.308. The van der Waals surface area contributed by atoms with Gasteiger partial charge in [0.1, 0.15) is 0 Å². The van der Waals surface area contributed by atoms with E-state index in [1.165, 1.54) is 4.57 Å². The van der Waals surface area contributed by atoms with Crippen molar-refractivity contribution in [2.24, 2.45) is 0 Å². The Hall–Kier alpha value is -3.56. The van der Waals surface area contributed by atoms with Gasteiger partial charge in [0.15, 0.2) is 4.77 Å². The molecule has 1 aromatic heterocycles. The fourth-order valence-electron chi connectivity index (χ4n) is 3.94. The van der Waals surface area contributed by atoms with Crippen molar-refractivity contribution in [3.63, 3.8) is 0 Å². The van der Waals surface area contributed by atoms with Crippen LogP contribution >= 0.6 is 12.2 Å². The van der Waals surface area contributed by atoms with E-state index in [0.29, 0.717) is 35.1 Å². The Balaban J connectivity index is 1.43. The number of anilines is 1. The molecule has 0 unspecified atom stereocenters. The molecule has 1 aliphatic heterocycles. The van der Waals surface area contributed by atoms with Crippen LogP contribution in [0.2, 0.25) is 0 Å².